The Hall–Kier alpha value is -1.01. The predicted molar refractivity (Wildman–Crippen MR) is 76.9 cm³/mol. The van der Waals surface area contributed by atoms with Gasteiger partial charge in [0.1, 0.15) is 5.01 Å². The van der Waals surface area contributed by atoms with Crippen molar-refractivity contribution in [2.24, 2.45) is 5.92 Å². The van der Waals surface area contributed by atoms with E-state index in [4.69, 9.17) is 5.10 Å². The van der Waals surface area contributed by atoms with E-state index in [1.54, 1.807) is 11.3 Å². The lowest BCUT2D eigenvalue weighted by atomic mass is 9.85. The van der Waals surface area contributed by atoms with Crippen molar-refractivity contribution in [1.29, 1.82) is 0 Å². The second kappa shape index (κ2) is 4.24. The monoisotopic (exact) mass is 289 g/mol. The summed E-state index contributed by atoms with van der Waals surface area (Å²) >= 11 is 1.72. The van der Waals surface area contributed by atoms with Crippen LogP contribution in [0.15, 0.2) is 0 Å². The highest BCUT2D eigenvalue weighted by Crippen LogP contribution is 2.42. The van der Waals surface area contributed by atoms with Crippen LogP contribution in [0.4, 0.5) is 0 Å². The molecule has 2 aromatic heterocycles. The van der Waals surface area contributed by atoms with Crippen LogP contribution in [-0.4, -0.2) is 25.9 Å². The first-order chi connectivity index (χ1) is 9.88. The van der Waals surface area contributed by atoms with E-state index in [2.05, 4.69) is 15.5 Å². The molecule has 5 rings (SSSR count). The molecule has 0 amide bonds. The number of aromatic nitrogens is 4. The molecule has 3 atom stereocenters. The molecule has 0 spiro atoms. The van der Waals surface area contributed by atoms with Gasteiger partial charge in [-0.25, -0.2) is 0 Å². The lowest BCUT2D eigenvalue weighted by Gasteiger charge is -2.24. The van der Waals surface area contributed by atoms with E-state index >= 15 is 0 Å². The zero-order chi connectivity index (χ0) is 13.1. The van der Waals surface area contributed by atoms with E-state index in [0.717, 1.165) is 22.7 Å². The van der Waals surface area contributed by atoms with Crippen molar-refractivity contribution >= 4 is 16.3 Å². The molecule has 6 heteroatoms. The van der Waals surface area contributed by atoms with E-state index in [9.17, 15) is 0 Å². The second-order valence-electron chi connectivity index (χ2n) is 6.57. The molecule has 2 aliphatic carbocycles. The average Bonchev–Trinajstić information content (AvgIpc) is 2.93. The van der Waals surface area contributed by atoms with Gasteiger partial charge in [0.2, 0.25) is 4.96 Å². The Bertz CT molecular complexity index is 629. The molecule has 3 unspecified atom stereocenters. The molecule has 0 bridgehead atoms. The van der Waals surface area contributed by atoms with Crippen LogP contribution >= 0.6 is 11.3 Å². The van der Waals surface area contributed by atoms with Gasteiger partial charge in [0, 0.05) is 12.0 Å². The number of hydrogen-bond donors (Lipinski definition) is 1. The SMILES string of the molecule is C1CCC2NC(c3nn4c(C5CC5)nnc4s3)CC2C1. The third kappa shape index (κ3) is 1.74. The summed E-state index contributed by atoms with van der Waals surface area (Å²) in [7, 11) is 0. The van der Waals surface area contributed by atoms with Crippen molar-refractivity contribution in [1.82, 2.24) is 25.1 Å². The van der Waals surface area contributed by atoms with Crippen LogP contribution in [0.3, 0.4) is 0 Å². The molecule has 0 radical (unpaired) electrons. The molecule has 3 fully saturated rings. The first-order valence-electron chi connectivity index (χ1n) is 7.86. The van der Waals surface area contributed by atoms with Crippen molar-refractivity contribution < 1.29 is 0 Å². The predicted octanol–water partition coefficient (Wildman–Crippen LogP) is 2.66. The minimum atomic E-state index is 0.446. The fourth-order valence-electron chi connectivity index (χ4n) is 3.89. The highest BCUT2D eigenvalue weighted by molar-refractivity contribution is 7.16. The van der Waals surface area contributed by atoms with Gasteiger partial charge in [0.25, 0.3) is 0 Å². The molecule has 3 aliphatic rings. The molecule has 0 aromatic carbocycles. The fourth-order valence-corrected chi connectivity index (χ4v) is 4.81. The van der Waals surface area contributed by atoms with Crippen LogP contribution in [0.2, 0.25) is 0 Å². The first kappa shape index (κ1) is 11.6. The molecular formula is C14H19N5S. The Morgan fingerprint density at radius 1 is 1.10 bits per heavy atom. The topological polar surface area (TPSA) is 55.1 Å². The van der Waals surface area contributed by atoms with Crippen LogP contribution in [0, 0.1) is 5.92 Å². The van der Waals surface area contributed by atoms with Gasteiger partial charge >= 0.3 is 0 Å². The van der Waals surface area contributed by atoms with Gasteiger partial charge in [-0.2, -0.15) is 9.61 Å². The van der Waals surface area contributed by atoms with Gasteiger partial charge in [-0.05, 0) is 38.0 Å². The van der Waals surface area contributed by atoms with Crippen molar-refractivity contribution in [3.63, 3.8) is 0 Å². The molecule has 1 N–H and O–H groups in total. The Kier molecular flexibility index (Phi) is 2.47. The van der Waals surface area contributed by atoms with Gasteiger partial charge in [-0.3, -0.25) is 0 Å². The third-order valence-electron chi connectivity index (χ3n) is 5.13. The standard InChI is InChI=1S/C14H19N5S/c1-2-4-10-9(3-1)7-11(15-10)13-18-19-12(8-5-6-8)16-17-14(19)20-13/h8-11,15H,1-7H2. The molecule has 1 aliphatic heterocycles. The molecule has 5 nitrogen and oxygen atoms in total. The Balaban J connectivity index is 1.46. The zero-order valence-electron chi connectivity index (χ0n) is 11.5. The lowest BCUT2D eigenvalue weighted by molar-refractivity contribution is 0.325. The molecule has 106 valence electrons. The number of rotatable bonds is 2. The molecular weight excluding hydrogens is 270 g/mol. The quantitative estimate of drug-likeness (QED) is 0.923. The van der Waals surface area contributed by atoms with Gasteiger partial charge < -0.3 is 5.32 Å². The fraction of sp³-hybridized carbons (Fsp3) is 0.786. The van der Waals surface area contributed by atoms with Crippen molar-refractivity contribution in [3.8, 4) is 0 Å². The Labute approximate surface area is 121 Å². The smallest absolute Gasteiger partial charge is 0.234 e. The van der Waals surface area contributed by atoms with Crippen LogP contribution in [0.5, 0.6) is 0 Å². The van der Waals surface area contributed by atoms with E-state index in [0.29, 0.717) is 12.0 Å². The van der Waals surface area contributed by atoms with E-state index < -0.39 is 0 Å². The first-order valence-corrected chi connectivity index (χ1v) is 8.68. The number of nitrogens with zero attached hydrogens (tertiary/aromatic N) is 4. The van der Waals surface area contributed by atoms with Crippen LogP contribution in [0.1, 0.15) is 67.7 Å². The molecule has 2 saturated carbocycles. The van der Waals surface area contributed by atoms with Crippen LogP contribution < -0.4 is 5.32 Å². The minimum absolute atomic E-state index is 0.446. The maximum atomic E-state index is 4.82. The van der Waals surface area contributed by atoms with Gasteiger partial charge in [0.15, 0.2) is 5.82 Å². The van der Waals surface area contributed by atoms with Gasteiger partial charge in [-0.1, -0.05) is 24.2 Å². The summed E-state index contributed by atoms with van der Waals surface area (Å²) in [5, 5.41) is 18.4. The number of fused-ring (bicyclic) bond motifs is 2. The zero-order valence-corrected chi connectivity index (χ0v) is 12.3. The van der Waals surface area contributed by atoms with Gasteiger partial charge in [-0.15, -0.1) is 10.2 Å². The van der Waals surface area contributed by atoms with Crippen molar-refractivity contribution in [2.45, 2.75) is 62.9 Å². The summed E-state index contributed by atoms with van der Waals surface area (Å²) in [4.78, 5) is 0.971. The molecule has 1 saturated heterocycles. The molecule has 20 heavy (non-hydrogen) atoms. The summed E-state index contributed by atoms with van der Waals surface area (Å²) in [5.74, 6) is 2.56. The normalized spacial score (nSPS) is 33.7. The highest BCUT2D eigenvalue weighted by Gasteiger charge is 2.38. The minimum Gasteiger partial charge on any atom is -0.305 e. The Morgan fingerprint density at radius 3 is 2.85 bits per heavy atom. The second-order valence-corrected chi connectivity index (χ2v) is 7.56. The molecule has 2 aromatic rings. The summed E-state index contributed by atoms with van der Waals surface area (Å²) in [5.41, 5.74) is 0. The summed E-state index contributed by atoms with van der Waals surface area (Å²) in [6, 6.07) is 1.17. The van der Waals surface area contributed by atoms with Gasteiger partial charge in [0.05, 0.1) is 6.04 Å². The Morgan fingerprint density at radius 2 is 2.00 bits per heavy atom. The average molecular weight is 289 g/mol. The molecule has 3 heterocycles. The van der Waals surface area contributed by atoms with Crippen molar-refractivity contribution in [3.05, 3.63) is 10.8 Å². The van der Waals surface area contributed by atoms with E-state index in [1.807, 2.05) is 4.52 Å². The maximum absolute atomic E-state index is 4.82. The lowest BCUT2D eigenvalue weighted by Crippen LogP contribution is -2.30. The number of hydrogen-bond acceptors (Lipinski definition) is 5. The number of nitrogens with one attached hydrogen (secondary N) is 1. The van der Waals surface area contributed by atoms with E-state index in [1.165, 1.54) is 50.0 Å². The summed E-state index contributed by atoms with van der Waals surface area (Å²) in [6.45, 7) is 0. The third-order valence-corrected chi connectivity index (χ3v) is 6.15. The largest absolute Gasteiger partial charge is 0.305 e. The van der Waals surface area contributed by atoms with Crippen molar-refractivity contribution in [2.75, 3.05) is 0 Å². The summed E-state index contributed by atoms with van der Waals surface area (Å²) < 4.78 is 2.00. The van der Waals surface area contributed by atoms with Crippen LogP contribution in [-0.2, 0) is 0 Å². The van der Waals surface area contributed by atoms with E-state index in [-0.39, 0.29) is 0 Å². The summed E-state index contributed by atoms with van der Waals surface area (Å²) in [6.07, 6.45) is 9.29. The van der Waals surface area contributed by atoms with Crippen LogP contribution in [0.25, 0.3) is 4.96 Å². The maximum Gasteiger partial charge on any atom is 0.234 e. The highest BCUT2D eigenvalue weighted by atomic mass is 32.1.